The Morgan fingerprint density at radius 3 is 2.78 bits per heavy atom. The summed E-state index contributed by atoms with van der Waals surface area (Å²) in [6.07, 6.45) is 1.58. The number of urea groups is 1. The molecule has 3 N–H and O–H groups in total. The number of aromatic nitrogens is 1. The zero-order chi connectivity index (χ0) is 22.5. The van der Waals surface area contributed by atoms with Crippen LogP contribution in [-0.2, 0) is 11.3 Å². The standard InChI is InChI=1S/C23H22N4O3S2/c1-14-5-6-15(2)19(10-14)26-22(29)25-16-7-8-18-20(11-16)32-23(27-18)31-13-21(28)24-12-17-4-3-9-30-17/h3-11H,12-13H2,1-2H3,(H,24,28)(H2,25,26,29). The van der Waals surface area contributed by atoms with Gasteiger partial charge in [0.25, 0.3) is 0 Å². The highest BCUT2D eigenvalue weighted by Gasteiger charge is 2.11. The predicted octanol–water partition coefficient (Wildman–Crippen LogP) is 5.56. The number of nitrogens with one attached hydrogen (secondary N) is 3. The SMILES string of the molecule is Cc1ccc(C)c(NC(=O)Nc2ccc3nc(SCC(=O)NCc4ccco4)sc3c2)c1. The van der Waals surface area contributed by atoms with E-state index in [1.165, 1.54) is 23.1 Å². The van der Waals surface area contributed by atoms with Crippen molar-refractivity contribution in [1.29, 1.82) is 0 Å². The molecule has 164 valence electrons. The van der Waals surface area contributed by atoms with Crippen LogP contribution in [0.4, 0.5) is 16.2 Å². The summed E-state index contributed by atoms with van der Waals surface area (Å²) in [4.78, 5) is 29.0. The van der Waals surface area contributed by atoms with Crippen LogP contribution in [0.5, 0.6) is 0 Å². The van der Waals surface area contributed by atoms with E-state index >= 15 is 0 Å². The van der Waals surface area contributed by atoms with Crippen molar-refractivity contribution < 1.29 is 14.0 Å². The summed E-state index contributed by atoms with van der Waals surface area (Å²) in [6.45, 7) is 4.30. The van der Waals surface area contributed by atoms with Crippen molar-refractivity contribution in [3.63, 3.8) is 0 Å². The average Bonchev–Trinajstić information content (AvgIpc) is 3.42. The number of nitrogens with zero attached hydrogens (tertiary/aromatic N) is 1. The lowest BCUT2D eigenvalue weighted by atomic mass is 10.1. The number of rotatable bonds is 7. The zero-order valence-corrected chi connectivity index (χ0v) is 19.2. The lowest BCUT2D eigenvalue weighted by Crippen LogP contribution is -2.24. The third-order valence-electron chi connectivity index (χ3n) is 4.63. The highest BCUT2D eigenvalue weighted by Crippen LogP contribution is 2.31. The third kappa shape index (κ3) is 5.68. The quantitative estimate of drug-likeness (QED) is 0.310. The number of thiazole rings is 1. The molecule has 7 nitrogen and oxygen atoms in total. The number of amides is 3. The van der Waals surface area contributed by atoms with Crippen LogP contribution >= 0.6 is 23.1 Å². The summed E-state index contributed by atoms with van der Waals surface area (Å²) >= 11 is 2.87. The molecule has 0 fully saturated rings. The first-order valence-corrected chi connectivity index (χ1v) is 11.7. The molecule has 0 saturated heterocycles. The number of hydrogen-bond donors (Lipinski definition) is 3. The largest absolute Gasteiger partial charge is 0.467 e. The van der Waals surface area contributed by atoms with Gasteiger partial charge < -0.3 is 20.4 Å². The van der Waals surface area contributed by atoms with Gasteiger partial charge in [0.1, 0.15) is 5.76 Å². The number of carbonyl (C=O) groups is 2. The van der Waals surface area contributed by atoms with E-state index in [-0.39, 0.29) is 17.7 Å². The van der Waals surface area contributed by atoms with E-state index in [2.05, 4.69) is 20.9 Å². The summed E-state index contributed by atoms with van der Waals surface area (Å²) in [6, 6.07) is 14.8. The van der Waals surface area contributed by atoms with Gasteiger partial charge in [-0.25, -0.2) is 9.78 Å². The molecular weight excluding hydrogens is 444 g/mol. The molecule has 9 heteroatoms. The minimum absolute atomic E-state index is 0.0869. The topological polar surface area (TPSA) is 96.3 Å². The molecule has 3 amide bonds. The predicted molar refractivity (Wildman–Crippen MR) is 129 cm³/mol. The van der Waals surface area contributed by atoms with E-state index in [1.807, 2.05) is 56.3 Å². The molecule has 0 bridgehead atoms. The van der Waals surface area contributed by atoms with Crippen molar-refractivity contribution in [2.75, 3.05) is 16.4 Å². The number of carbonyl (C=O) groups excluding carboxylic acids is 2. The Morgan fingerprint density at radius 1 is 1.09 bits per heavy atom. The molecular formula is C23H22N4O3S2. The minimum Gasteiger partial charge on any atom is -0.467 e. The van der Waals surface area contributed by atoms with E-state index in [0.29, 0.717) is 18.0 Å². The molecule has 0 spiro atoms. The lowest BCUT2D eigenvalue weighted by molar-refractivity contribution is -0.118. The zero-order valence-electron chi connectivity index (χ0n) is 17.6. The van der Waals surface area contributed by atoms with Crippen LogP contribution in [0.1, 0.15) is 16.9 Å². The monoisotopic (exact) mass is 466 g/mol. The fraction of sp³-hybridized carbons (Fsp3) is 0.174. The van der Waals surface area contributed by atoms with Crippen LogP contribution in [0.25, 0.3) is 10.2 Å². The number of hydrogen-bond acceptors (Lipinski definition) is 6. The van der Waals surface area contributed by atoms with Crippen molar-refractivity contribution >= 4 is 56.6 Å². The normalized spacial score (nSPS) is 10.8. The number of fused-ring (bicyclic) bond motifs is 1. The molecule has 0 aliphatic carbocycles. The summed E-state index contributed by atoms with van der Waals surface area (Å²) < 4.78 is 6.94. The van der Waals surface area contributed by atoms with Crippen LogP contribution in [-0.4, -0.2) is 22.7 Å². The van der Waals surface area contributed by atoms with Gasteiger partial charge in [-0.15, -0.1) is 11.3 Å². The van der Waals surface area contributed by atoms with Crippen LogP contribution in [0.3, 0.4) is 0 Å². The van der Waals surface area contributed by atoms with Crippen molar-refractivity contribution in [1.82, 2.24) is 10.3 Å². The Labute approximate surface area is 193 Å². The molecule has 2 aromatic heterocycles. The number of anilines is 2. The van der Waals surface area contributed by atoms with Gasteiger partial charge in [0, 0.05) is 11.4 Å². The summed E-state index contributed by atoms with van der Waals surface area (Å²) in [5, 5.41) is 8.57. The van der Waals surface area contributed by atoms with E-state index in [0.717, 1.165) is 31.4 Å². The van der Waals surface area contributed by atoms with Crippen molar-refractivity contribution in [3.8, 4) is 0 Å². The first-order chi connectivity index (χ1) is 15.5. The second-order valence-corrected chi connectivity index (χ2v) is 9.46. The lowest BCUT2D eigenvalue weighted by Gasteiger charge is -2.10. The van der Waals surface area contributed by atoms with Crippen molar-refractivity contribution in [2.24, 2.45) is 0 Å². The Balaban J connectivity index is 1.33. The Hall–Kier alpha value is -3.30. The number of thioether (sulfide) groups is 1. The van der Waals surface area contributed by atoms with Gasteiger partial charge in [0.05, 0.1) is 28.8 Å². The maximum absolute atomic E-state index is 12.4. The molecule has 0 saturated carbocycles. The second kappa shape index (κ2) is 9.88. The number of aryl methyl sites for hydroxylation is 2. The molecule has 32 heavy (non-hydrogen) atoms. The summed E-state index contributed by atoms with van der Waals surface area (Å²) in [5.74, 6) is 0.894. The fourth-order valence-corrected chi connectivity index (χ4v) is 4.91. The van der Waals surface area contributed by atoms with Crippen molar-refractivity contribution in [3.05, 3.63) is 71.7 Å². The Bertz CT molecular complexity index is 1250. The second-order valence-electron chi connectivity index (χ2n) is 7.20. The molecule has 2 aromatic carbocycles. The van der Waals surface area contributed by atoms with Gasteiger partial charge >= 0.3 is 6.03 Å². The third-order valence-corrected chi connectivity index (χ3v) is 6.80. The van der Waals surface area contributed by atoms with Gasteiger partial charge in [-0.3, -0.25) is 4.79 Å². The van der Waals surface area contributed by atoms with Gasteiger partial charge in [0.15, 0.2) is 4.34 Å². The molecule has 2 heterocycles. The Morgan fingerprint density at radius 2 is 1.97 bits per heavy atom. The molecule has 0 unspecified atom stereocenters. The van der Waals surface area contributed by atoms with E-state index < -0.39 is 0 Å². The minimum atomic E-state index is -0.301. The first kappa shape index (κ1) is 21.9. The van der Waals surface area contributed by atoms with Crippen LogP contribution in [0, 0.1) is 13.8 Å². The van der Waals surface area contributed by atoms with Crippen molar-refractivity contribution in [2.45, 2.75) is 24.7 Å². The van der Waals surface area contributed by atoms with Crippen LogP contribution in [0.15, 0.2) is 63.6 Å². The smallest absolute Gasteiger partial charge is 0.323 e. The molecule has 0 atom stereocenters. The number of furan rings is 1. The first-order valence-electron chi connectivity index (χ1n) is 9.94. The van der Waals surface area contributed by atoms with Gasteiger partial charge in [-0.05, 0) is 61.4 Å². The van der Waals surface area contributed by atoms with Gasteiger partial charge in [0.2, 0.25) is 5.91 Å². The molecule has 0 aliphatic rings. The molecule has 4 rings (SSSR count). The van der Waals surface area contributed by atoms with E-state index in [1.54, 1.807) is 12.3 Å². The van der Waals surface area contributed by atoms with Gasteiger partial charge in [-0.2, -0.15) is 0 Å². The van der Waals surface area contributed by atoms with E-state index in [9.17, 15) is 9.59 Å². The summed E-state index contributed by atoms with van der Waals surface area (Å²) in [5.41, 5.74) is 4.37. The average molecular weight is 467 g/mol. The van der Waals surface area contributed by atoms with Crippen LogP contribution in [0.2, 0.25) is 0 Å². The van der Waals surface area contributed by atoms with Gasteiger partial charge in [-0.1, -0.05) is 23.9 Å². The fourth-order valence-electron chi connectivity index (χ4n) is 2.98. The number of benzene rings is 2. The molecule has 0 radical (unpaired) electrons. The van der Waals surface area contributed by atoms with E-state index in [4.69, 9.17) is 4.42 Å². The summed E-state index contributed by atoms with van der Waals surface area (Å²) in [7, 11) is 0. The molecule has 0 aliphatic heterocycles. The maximum atomic E-state index is 12.4. The highest BCUT2D eigenvalue weighted by atomic mass is 32.2. The van der Waals surface area contributed by atoms with Crippen LogP contribution < -0.4 is 16.0 Å². The highest BCUT2D eigenvalue weighted by molar-refractivity contribution is 8.01. The maximum Gasteiger partial charge on any atom is 0.323 e. The Kier molecular flexibility index (Phi) is 6.77. The molecule has 4 aromatic rings.